The fraction of sp³-hybridized carbons (Fsp3) is 0.333. The minimum atomic E-state index is -0.00166. The number of thioether (sulfide) groups is 1. The van der Waals surface area contributed by atoms with Gasteiger partial charge in [-0.2, -0.15) is 0 Å². The van der Waals surface area contributed by atoms with Gasteiger partial charge in [0.1, 0.15) is 0 Å². The molecule has 1 heterocycles. The number of hydrogen-bond acceptors (Lipinski definition) is 3. The Labute approximate surface area is 159 Å². The summed E-state index contributed by atoms with van der Waals surface area (Å²) in [6.45, 7) is 6.14. The number of benzene rings is 2. The standard InChI is InChI=1S/C21H25N3OS/c1-16-10-11-19(14-17(16)2)22-20(25)15-26-21(24-12-6-7-13-24)23-18-8-4-3-5-9-18/h3-5,8-11,14H,6-7,12-13,15H2,1-2H3,(H,22,25). The molecule has 26 heavy (non-hydrogen) atoms. The number of para-hydroxylation sites is 1. The minimum Gasteiger partial charge on any atom is -0.351 e. The first kappa shape index (κ1) is 18.5. The SMILES string of the molecule is Cc1ccc(NC(=O)CSC(=Nc2ccccc2)N2CCCC2)cc1C. The number of carbonyl (C=O) groups excluding carboxylic acids is 1. The summed E-state index contributed by atoms with van der Waals surface area (Å²) in [4.78, 5) is 19.4. The van der Waals surface area contributed by atoms with Crippen LogP contribution in [-0.2, 0) is 4.79 Å². The summed E-state index contributed by atoms with van der Waals surface area (Å²) in [5.74, 6) is 0.355. The quantitative estimate of drug-likeness (QED) is 0.626. The lowest BCUT2D eigenvalue weighted by atomic mass is 10.1. The number of nitrogens with zero attached hydrogens (tertiary/aromatic N) is 2. The molecule has 2 aromatic carbocycles. The Kier molecular flexibility index (Phi) is 6.34. The Balaban J connectivity index is 1.64. The minimum absolute atomic E-state index is 0.00166. The fourth-order valence-corrected chi connectivity index (χ4v) is 3.73. The van der Waals surface area contributed by atoms with Gasteiger partial charge in [-0.25, -0.2) is 4.99 Å². The Bertz CT molecular complexity index is 783. The number of aliphatic imine (C=N–C) groups is 1. The Morgan fingerprint density at radius 2 is 1.81 bits per heavy atom. The number of hydrogen-bond donors (Lipinski definition) is 1. The van der Waals surface area contributed by atoms with Crippen LogP contribution in [0.25, 0.3) is 0 Å². The molecular weight excluding hydrogens is 342 g/mol. The molecule has 1 aliphatic heterocycles. The lowest BCUT2D eigenvalue weighted by Crippen LogP contribution is -2.27. The van der Waals surface area contributed by atoms with Crippen molar-refractivity contribution < 1.29 is 4.79 Å². The van der Waals surface area contributed by atoms with Crippen molar-refractivity contribution in [3.8, 4) is 0 Å². The van der Waals surface area contributed by atoms with Gasteiger partial charge in [-0.3, -0.25) is 4.79 Å². The second-order valence-electron chi connectivity index (χ2n) is 6.56. The van der Waals surface area contributed by atoms with Gasteiger partial charge in [0.15, 0.2) is 5.17 Å². The van der Waals surface area contributed by atoms with Crippen molar-refractivity contribution in [2.75, 3.05) is 24.2 Å². The van der Waals surface area contributed by atoms with Crippen LogP contribution in [0, 0.1) is 13.8 Å². The Morgan fingerprint density at radius 1 is 1.08 bits per heavy atom. The van der Waals surface area contributed by atoms with Crippen LogP contribution >= 0.6 is 11.8 Å². The molecule has 0 saturated carbocycles. The second-order valence-corrected chi connectivity index (χ2v) is 7.50. The van der Waals surface area contributed by atoms with Crippen LogP contribution in [0.1, 0.15) is 24.0 Å². The zero-order valence-electron chi connectivity index (χ0n) is 15.4. The van der Waals surface area contributed by atoms with Gasteiger partial charge in [-0.05, 0) is 62.1 Å². The van der Waals surface area contributed by atoms with Gasteiger partial charge in [0.2, 0.25) is 5.91 Å². The van der Waals surface area contributed by atoms with Crippen molar-refractivity contribution in [2.45, 2.75) is 26.7 Å². The summed E-state index contributed by atoms with van der Waals surface area (Å²) in [6.07, 6.45) is 2.37. The number of nitrogens with one attached hydrogen (secondary N) is 1. The van der Waals surface area contributed by atoms with Crippen LogP contribution < -0.4 is 5.32 Å². The van der Waals surface area contributed by atoms with E-state index in [0.717, 1.165) is 29.6 Å². The molecule has 1 saturated heterocycles. The van der Waals surface area contributed by atoms with Gasteiger partial charge in [0, 0.05) is 18.8 Å². The maximum absolute atomic E-state index is 12.4. The normalized spacial score (nSPS) is 14.5. The van der Waals surface area contributed by atoms with Crippen LogP contribution in [0.5, 0.6) is 0 Å². The number of amidine groups is 1. The molecule has 0 aliphatic carbocycles. The van der Waals surface area contributed by atoms with E-state index in [4.69, 9.17) is 4.99 Å². The molecule has 0 atom stereocenters. The van der Waals surface area contributed by atoms with Crippen molar-refractivity contribution in [2.24, 2.45) is 4.99 Å². The first-order chi connectivity index (χ1) is 12.6. The number of carbonyl (C=O) groups is 1. The van der Waals surface area contributed by atoms with E-state index in [1.807, 2.05) is 48.5 Å². The van der Waals surface area contributed by atoms with Crippen molar-refractivity contribution in [3.63, 3.8) is 0 Å². The summed E-state index contributed by atoms with van der Waals surface area (Å²) in [5, 5.41) is 3.92. The maximum atomic E-state index is 12.4. The van der Waals surface area contributed by atoms with Crippen LogP contribution in [0.15, 0.2) is 53.5 Å². The molecule has 0 radical (unpaired) electrons. The van der Waals surface area contributed by atoms with Gasteiger partial charge in [-0.1, -0.05) is 36.0 Å². The van der Waals surface area contributed by atoms with Gasteiger partial charge < -0.3 is 10.2 Å². The number of rotatable bonds is 4. The number of anilines is 1. The Morgan fingerprint density at radius 3 is 2.50 bits per heavy atom. The van der Waals surface area contributed by atoms with E-state index < -0.39 is 0 Å². The van der Waals surface area contributed by atoms with Crippen molar-refractivity contribution >= 4 is 34.2 Å². The molecule has 1 fully saturated rings. The smallest absolute Gasteiger partial charge is 0.234 e. The third kappa shape index (κ3) is 5.11. The molecular formula is C21H25N3OS. The van der Waals surface area contributed by atoms with Crippen molar-refractivity contribution in [1.82, 2.24) is 4.90 Å². The third-order valence-electron chi connectivity index (χ3n) is 4.48. The molecule has 4 nitrogen and oxygen atoms in total. The topological polar surface area (TPSA) is 44.7 Å². The highest BCUT2D eigenvalue weighted by Gasteiger charge is 2.18. The van der Waals surface area contributed by atoms with E-state index in [9.17, 15) is 4.79 Å². The highest BCUT2D eigenvalue weighted by Crippen LogP contribution is 2.21. The fourth-order valence-electron chi connectivity index (χ4n) is 2.86. The molecule has 3 rings (SSSR count). The lowest BCUT2D eigenvalue weighted by Gasteiger charge is -2.19. The summed E-state index contributed by atoms with van der Waals surface area (Å²) >= 11 is 1.51. The summed E-state index contributed by atoms with van der Waals surface area (Å²) in [5.41, 5.74) is 4.18. The molecule has 1 aliphatic rings. The number of aryl methyl sites for hydroxylation is 2. The van der Waals surface area contributed by atoms with Crippen LogP contribution in [-0.4, -0.2) is 34.8 Å². The predicted octanol–water partition coefficient (Wildman–Crippen LogP) is 4.76. The monoisotopic (exact) mass is 367 g/mol. The van der Waals surface area contributed by atoms with Gasteiger partial charge in [0.05, 0.1) is 11.4 Å². The Hall–Kier alpha value is -2.27. The predicted molar refractivity (Wildman–Crippen MR) is 111 cm³/mol. The second kappa shape index (κ2) is 8.90. The largest absolute Gasteiger partial charge is 0.351 e. The lowest BCUT2D eigenvalue weighted by molar-refractivity contribution is -0.113. The average Bonchev–Trinajstić information content (AvgIpc) is 3.17. The van der Waals surface area contributed by atoms with Gasteiger partial charge >= 0.3 is 0 Å². The molecule has 1 amide bonds. The molecule has 5 heteroatoms. The van der Waals surface area contributed by atoms with E-state index in [0.29, 0.717) is 5.75 Å². The van der Waals surface area contributed by atoms with E-state index >= 15 is 0 Å². The molecule has 0 spiro atoms. The molecule has 0 unspecified atom stereocenters. The van der Waals surface area contributed by atoms with Crippen molar-refractivity contribution in [3.05, 3.63) is 59.7 Å². The van der Waals surface area contributed by atoms with Gasteiger partial charge in [0.25, 0.3) is 0 Å². The van der Waals surface area contributed by atoms with Crippen LogP contribution in [0.4, 0.5) is 11.4 Å². The average molecular weight is 368 g/mol. The molecule has 0 bridgehead atoms. The number of amides is 1. The van der Waals surface area contributed by atoms with Crippen molar-refractivity contribution in [1.29, 1.82) is 0 Å². The maximum Gasteiger partial charge on any atom is 0.234 e. The highest BCUT2D eigenvalue weighted by molar-refractivity contribution is 8.14. The van der Waals surface area contributed by atoms with Gasteiger partial charge in [-0.15, -0.1) is 0 Å². The van der Waals surface area contributed by atoms with E-state index in [1.54, 1.807) is 0 Å². The van der Waals surface area contributed by atoms with E-state index in [2.05, 4.69) is 24.1 Å². The molecule has 0 aromatic heterocycles. The zero-order valence-corrected chi connectivity index (χ0v) is 16.2. The van der Waals surface area contributed by atoms with Crippen LogP contribution in [0.3, 0.4) is 0 Å². The summed E-state index contributed by atoms with van der Waals surface area (Å²) in [6, 6.07) is 15.9. The first-order valence-corrected chi connectivity index (χ1v) is 9.99. The van der Waals surface area contributed by atoms with E-state index in [-0.39, 0.29) is 5.91 Å². The van der Waals surface area contributed by atoms with Crippen LogP contribution in [0.2, 0.25) is 0 Å². The number of likely N-dealkylation sites (tertiary alicyclic amines) is 1. The third-order valence-corrected chi connectivity index (χ3v) is 5.49. The molecule has 136 valence electrons. The summed E-state index contributed by atoms with van der Waals surface area (Å²) in [7, 11) is 0. The highest BCUT2D eigenvalue weighted by atomic mass is 32.2. The summed E-state index contributed by atoms with van der Waals surface area (Å²) < 4.78 is 0. The zero-order chi connectivity index (χ0) is 18.4. The first-order valence-electron chi connectivity index (χ1n) is 9.00. The van der Waals surface area contributed by atoms with E-state index in [1.165, 1.54) is 35.7 Å². The molecule has 2 aromatic rings. The molecule has 1 N–H and O–H groups in total.